The molecule has 0 bridgehead atoms. The zero-order chi connectivity index (χ0) is 26.7. The molecule has 0 aliphatic carbocycles. The zero-order valence-electron chi connectivity index (χ0n) is 20.3. The molecule has 0 spiro atoms. The highest BCUT2D eigenvalue weighted by Crippen LogP contribution is 2.32. The number of carbonyl (C=O) groups excluding carboxylic acids is 2. The van der Waals surface area contributed by atoms with Crippen molar-refractivity contribution < 1.29 is 44.2 Å². The first-order valence-electron chi connectivity index (χ1n) is 11.0. The molecule has 0 aromatic heterocycles. The number of phenols is 1. The van der Waals surface area contributed by atoms with Crippen LogP contribution in [0.25, 0.3) is 12.2 Å². The second kappa shape index (κ2) is 13.1. The third-order valence-electron chi connectivity index (χ3n) is 5.49. The molecule has 4 N–H and O–H groups in total. The molecule has 0 saturated carbocycles. The normalized spacial score (nSPS) is 12.2. The quantitative estimate of drug-likeness (QED) is 0.114. The van der Waals surface area contributed by atoms with Gasteiger partial charge in [0, 0.05) is 6.08 Å². The van der Waals surface area contributed by atoms with E-state index in [1.807, 2.05) is 0 Å². The molecule has 0 aliphatic rings. The van der Waals surface area contributed by atoms with Crippen molar-refractivity contribution in [2.24, 2.45) is 5.41 Å². The molecule has 36 heavy (non-hydrogen) atoms. The van der Waals surface area contributed by atoms with E-state index in [1.54, 1.807) is 31.2 Å². The average molecular weight is 499 g/mol. The van der Waals surface area contributed by atoms with Crippen molar-refractivity contribution in [3.05, 3.63) is 71.5 Å². The maximum absolute atomic E-state index is 12.5. The summed E-state index contributed by atoms with van der Waals surface area (Å²) in [5.41, 5.74) is -0.212. The van der Waals surface area contributed by atoms with Gasteiger partial charge in [0.05, 0.1) is 27.4 Å². The Kier molecular flexibility index (Phi) is 10.3. The highest BCUT2D eigenvalue weighted by molar-refractivity contribution is 6.02. The van der Waals surface area contributed by atoms with Gasteiger partial charge in [0.25, 0.3) is 0 Å². The minimum Gasteiger partial charge on any atom is -0.508 e. The molecule has 0 aliphatic heterocycles. The fourth-order valence-electron chi connectivity index (χ4n) is 3.03. The number of hydrogen-bond donors (Lipinski definition) is 4. The number of phenolic OH excluding ortho intramolecular Hbond substituents is 1. The number of methoxy groups -OCH3 is 2. The number of ether oxygens (including phenoxy) is 3. The summed E-state index contributed by atoms with van der Waals surface area (Å²) in [4.78, 5) is 24.6. The molecule has 9 nitrogen and oxygen atoms in total. The number of rotatable bonds is 12. The Hall–Kier alpha value is -4.08. The van der Waals surface area contributed by atoms with Gasteiger partial charge in [-0.3, -0.25) is 9.59 Å². The molecule has 0 amide bonds. The molecule has 0 saturated heterocycles. The van der Waals surface area contributed by atoms with Crippen LogP contribution in [-0.4, -0.2) is 59.6 Å². The fraction of sp³-hybridized carbons (Fsp3) is 0.259. The van der Waals surface area contributed by atoms with Crippen LogP contribution in [0, 0.1) is 5.41 Å². The molecule has 0 unspecified atom stereocenters. The minimum absolute atomic E-state index is 0.0177. The van der Waals surface area contributed by atoms with Crippen molar-refractivity contribution in [3.8, 4) is 23.0 Å². The number of allylic oxidation sites excluding steroid dienone is 3. The molecule has 0 fully saturated rings. The molecule has 192 valence electrons. The van der Waals surface area contributed by atoms with Crippen molar-refractivity contribution >= 4 is 23.9 Å². The van der Waals surface area contributed by atoms with Gasteiger partial charge < -0.3 is 34.6 Å². The second-order valence-corrected chi connectivity index (χ2v) is 7.82. The van der Waals surface area contributed by atoms with E-state index in [1.165, 1.54) is 50.7 Å². The maximum Gasteiger partial charge on any atom is 0.322 e. The molecule has 9 heteroatoms. The van der Waals surface area contributed by atoms with Gasteiger partial charge in [0.15, 0.2) is 28.8 Å². The number of aliphatic hydroxyl groups excluding tert-OH is 3. The van der Waals surface area contributed by atoms with E-state index in [-0.39, 0.29) is 35.2 Å². The topological polar surface area (TPSA) is 143 Å². The fourth-order valence-corrected chi connectivity index (χ4v) is 3.03. The zero-order valence-corrected chi connectivity index (χ0v) is 20.3. The Balaban J connectivity index is 2.11. The molecule has 0 atom stereocenters. The Morgan fingerprint density at radius 3 is 2.06 bits per heavy atom. The predicted octanol–water partition coefficient (Wildman–Crippen LogP) is 3.43. The van der Waals surface area contributed by atoms with Crippen molar-refractivity contribution in [1.29, 1.82) is 0 Å². The maximum atomic E-state index is 12.5. The Bertz CT molecular complexity index is 1150. The van der Waals surface area contributed by atoms with Crippen LogP contribution < -0.4 is 14.2 Å². The van der Waals surface area contributed by atoms with E-state index in [9.17, 15) is 30.0 Å². The summed E-state index contributed by atoms with van der Waals surface area (Å²) in [5, 5.41) is 38.8. The summed E-state index contributed by atoms with van der Waals surface area (Å²) in [5.74, 6) is -0.959. The first-order chi connectivity index (χ1) is 17.2. The van der Waals surface area contributed by atoms with Gasteiger partial charge >= 0.3 is 5.97 Å². The highest BCUT2D eigenvalue weighted by atomic mass is 16.6. The van der Waals surface area contributed by atoms with Gasteiger partial charge in [-0.2, -0.15) is 0 Å². The first kappa shape index (κ1) is 28.2. The SMILES string of the molecule is CCC(CO)(CO)C(=O)Oc1ccc(/C=C/C(O)=C/C(=O)/C=C/c2ccc(O)c(OC)c2)cc1OC. The smallest absolute Gasteiger partial charge is 0.322 e. The van der Waals surface area contributed by atoms with Gasteiger partial charge in [-0.1, -0.05) is 31.2 Å². The average Bonchev–Trinajstić information content (AvgIpc) is 2.88. The lowest BCUT2D eigenvalue weighted by molar-refractivity contribution is -0.151. The standard InChI is InChI=1S/C27H30O9/c1-4-27(16-28,17-29)26(33)36-23-12-8-19(14-25(23)35-3)6-10-21(31)15-20(30)9-5-18-7-11-22(32)24(13-18)34-2/h5-15,28-29,31-32H,4,16-17H2,1-3H3/b9-5+,10-6+,21-15-. The Labute approximate surface area is 209 Å². The number of hydrogen-bond acceptors (Lipinski definition) is 9. The third kappa shape index (κ3) is 7.21. The molecular weight excluding hydrogens is 468 g/mol. The largest absolute Gasteiger partial charge is 0.508 e. The number of ketones is 1. The van der Waals surface area contributed by atoms with Gasteiger partial charge in [0.2, 0.25) is 0 Å². The van der Waals surface area contributed by atoms with E-state index in [4.69, 9.17) is 14.2 Å². The van der Waals surface area contributed by atoms with E-state index in [2.05, 4.69) is 0 Å². The third-order valence-corrected chi connectivity index (χ3v) is 5.49. The summed E-state index contributed by atoms with van der Waals surface area (Å²) < 4.78 is 15.6. The predicted molar refractivity (Wildman–Crippen MR) is 134 cm³/mol. The van der Waals surface area contributed by atoms with Crippen LogP contribution >= 0.6 is 0 Å². The van der Waals surface area contributed by atoms with Gasteiger partial charge in [0.1, 0.15) is 11.2 Å². The summed E-state index contributed by atoms with van der Waals surface area (Å²) in [7, 11) is 2.80. The first-order valence-corrected chi connectivity index (χ1v) is 11.0. The lowest BCUT2D eigenvalue weighted by Gasteiger charge is -2.25. The van der Waals surface area contributed by atoms with Gasteiger partial charge in [-0.25, -0.2) is 0 Å². The summed E-state index contributed by atoms with van der Waals surface area (Å²) >= 11 is 0. The lowest BCUT2D eigenvalue weighted by atomic mass is 9.87. The van der Waals surface area contributed by atoms with Crippen LogP contribution in [0.1, 0.15) is 24.5 Å². The molecular formula is C27H30O9. The molecule has 0 heterocycles. The number of carbonyl (C=O) groups is 2. The number of benzene rings is 2. The molecule has 0 radical (unpaired) electrons. The second-order valence-electron chi connectivity index (χ2n) is 7.82. The van der Waals surface area contributed by atoms with Crippen molar-refractivity contribution in [3.63, 3.8) is 0 Å². The van der Waals surface area contributed by atoms with Gasteiger partial charge in [-0.05, 0) is 54.0 Å². The van der Waals surface area contributed by atoms with E-state index >= 15 is 0 Å². The number of esters is 1. The lowest BCUT2D eigenvalue weighted by Crippen LogP contribution is -2.41. The Morgan fingerprint density at radius 1 is 0.889 bits per heavy atom. The van der Waals surface area contributed by atoms with Crippen LogP contribution in [0.2, 0.25) is 0 Å². The highest BCUT2D eigenvalue weighted by Gasteiger charge is 2.38. The van der Waals surface area contributed by atoms with E-state index in [0.29, 0.717) is 11.1 Å². The summed E-state index contributed by atoms with van der Waals surface area (Å²) in [6, 6.07) is 9.24. The van der Waals surface area contributed by atoms with Crippen molar-refractivity contribution in [2.45, 2.75) is 13.3 Å². The number of aliphatic hydroxyl groups is 3. The van der Waals surface area contributed by atoms with Gasteiger partial charge in [-0.15, -0.1) is 0 Å². The van der Waals surface area contributed by atoms with Crippen LogP contribution in [0.15, 0.2) is 60.4 Å². The minimum atomic E-state index is -1.42. The summed E-state index contributed by atoms with van der Waals surface area (Å²) in [6.45, 7) is 0.527. The van der Waals surface area contributed by atoms with E-state index < -0.39 is 30.4 Å². The van der Waals surface area contributed by atoms with Crippen LogP contribution in [0.3, 0.4) is 0 Å². The molecule has 2 aromatic rings. The van der Waals surface area contributed by atoms with E-state index in [0.717, 1.165) is 6.08 Å². The Morgan fingerprint density at radius 2 is 1.47 bits per heavy atom. The summed E-state index contributed by atoms with van der Waals surface area (Å²) in [6.07, 6.45) is 6.84. The van der Waals surface area contributed by atoms with Crippen LogP contribution in [-0.2, 0) is 9.59 Å². The molecule has 2 rings (SSSR count). The number of aromatic hydroxyl groups is 1. The molecule has 2 aromatic carbocycles. The van der Waals surface area contributed by atoms with Crippen LogP contribution in [0.4, 0.5) is 0 Å². The monoisotopic (exact) mass is 498 g/mol. The van der Waals surface area contributed by atoms with Crippen molar-refractivity contribution in [2.75, 3.05) is 27.4 Å². The van der Waals surface area contributed by atoms with Crippen LogP contribution in [0.5, 0.6) is 23.0 Å². The van der Waals surface area contributed by atoms with Crippen molar-refractivity contribution in [1.82, 2.24) is 0 Å².